The summed E-state index contributed by atoms with van der Waals surface area (Å²) in [7, 11) is 1.77. The summed E-state index contributed by atoms with van der Waals surface area (Å²) in [6.45, 7) is -0.386. The molecule has 3 atom stereocenters. The van der Waals surface area contributed by atoms with Gasteiger partial charge in [0, 0.05) is 37.2 Å². The zero-order chi connectivity index (χ0) is 31.2. The molecule has 0 aliphatic carbocycles. The number of benzene rings is 1. The topological polar surface area (TPSA) is 209 Å². The van der Waals surface area contributed by atoms with Crippen LogP contribution in [0.4, 0.5) is 10.2 Å². The molecular formula is C28H25FN12O4. The van der Waals surface area contributed by atoms with Crippen molar-refractivity contribution in [1.82, 2.24) is 49.7 Å². The first-order valence-corrected chi connectivity index (χ1v) is 13.8. The first-order valence-electron chi connectivity index (χ1n) is 13.8. The minimum Gasteiger partial charge on any atom is -0.376 e. The van der Waals surface area contributed by atoms with Crippen LogP contribution in [0.25, 0.3) is 44.6 Å². The van der Waals surface area contributed by atoms with Crippen LogP contribution in [-0.4, -0.2) is 91.6 Å². The number of amides is 2. The summed E-state index contributed by atoms with van der Waals surface area (Å²) in [5.74, 6) is -1.01. The van der Waals surface area contributed by atoms with Gasteiger partial charge in [0.2, 0.25) is 11.7 Å². The monoisotopic (exact) mass is 612 g/mol. The Balaban J connectivity index is 1.13. The number of aromatic nitrogens is 9. The first kappa shape index (κ1) is 28.1. The van der Waals surface area contributed by atoms with Crippen LogP contribution in [0, 0.1) is 0 Å². The van der Waals surface area contributed by atoms with E-state index < -0.39 is 30.3 Å². The summed E-state index contributed by atoms with van der Waals surface area (Å²) in [5, 5.41) is 34.2. The highest BCUT2D eigenvalue weighted by molar-refractivity contribution is 6.05. The molecule has 1 aromatic carbocycles. The molecule has 0 bridgehead atoms. The molecule has 1 aliphatic heterocycles. The summed E-state index contributed by atoms with van der Waals surface area (Å²) in [5.41, 5.74) is 9.23. The van der Waals surface area contributed by atoms with Crippen LogP contribution < -0.4 is 11.1 Å². The average molecular weight is 613 g/mol. The molecule has 1 saturated heterocycles. The van der Waals surface area contributed by atoms with Crippen molar-refractivity contribution in [3.8, 4) is 22.6 Å². The van der Waals surface area contributed by atoms with Crippen molar-refractivity contribution in [2.75, 3.05) is 11.9 Å². The van der Waals surface area contributed by atoms with Gasteiger partial charge in [0.1, 0.15) is 17.9 Å². The number of fused-ring (bicyclic) bond motifs is 2. The molecule has 6 aromatic rings. The third-order valence-corrected chi connectivity index (χ3v) is 7.84. The number of aliphatic hydroxyl groups is 1. The molecule has 4 N–H and O–H groups in total. The maximum absolute atomic E-state index is 14.8. The van der Waals surface area contributed by atoms with Crippen molar-refractivity contribution in [3.63, 3.8) is 0 Å². The summed E-state index contributed by atoms with van der Waals surface area (Å²) in [6.07, 6.45) is 3.45. The molecule has 1 fully saturated rings. The normalized spacial score (nSPS) is 17.7. The number of halogens is 1. The van der Waals surface area contributed by atoms with Gasteiger partial charge in [-0.1, -0.05) is 6.07 Å². The second-order valence-electron chi connectivity index (χ2n) is 10.6. The third-order valence-electron chi connectivity index (χ3n) is 7.84. The van der Waals surface area contributed by atoms with E-state index in [1.54, 1.807) is 60.7 Å². The van der Waals surface area contributed by atoms with E-state index in [-0.39, 0.29) is 36.7 Å². The molecule has 6 heterocycles. The number of primary amides is 1. The molecule has 16 nitrogen and oxygen atoms in total. The van der Waals surface area contributed by atoms with Crippen molar-refractivity contribution in [2.24, 2.45) is 12.8 Å². The number of rotatable bonds is 8. The Morgan fingerprint density at radius 1 is 1.13 bits per heavy atom. The number of carbonyl (C=O) groups is 2. The molecule has 0 spiro atoms. The molecule has 0 radical (unpaired) electrons. The summed E-state index contributed by atoms with van der Waals surface area (Å²) < 4.78 is 22.8. The van der Waals surface area contributed by atoms with Crippen LogP contribution in [0.5, 0.6) is 0 Å². The zero-order valence-corrected chi connectivity index (χ0v) is 23.6. The number of aryl methyl sites for hydroxylation is 1. The lowest BCUT2D eigenvalue weighted by atomic mass is 10.0. The fraction of sp³-hybridized carbons (Fsp3) is 0.250. The predicted molar refractivity (Wildman–Crippen MR) is 156 cm³/mol. The zero-order valence-electron chi connectivity index (χ0n) is 23.6. The molecule has 3 unspecified atom stereocenters. The quantitative estimate of drug-likeness (QED) is 0.222. The Morgan fingerprint density at radius 2 is 2.00 bits per heavy atom. The lowest BCUT2D eigenvalue weighted by Gasteiger charge is -2.28. The van der Waals surface area contributed by atoms with Crippen LogP contribution in [0.1, 0.15) is 16.9 Å². The van der Waals surface area contributed by atoms with Crippen LogP contribution in [0.15, 0.2) is 59.7 Å². The van der Waals surface area contributed by atoms with Crippen LogP contribution in [-0.2, 0) is 18.4 Å². The number of carbonyl (C=O) groups excluding carboxylic acids is 2. The first-order chi connectivity index (χ1) is 21.8. The van der Waals surface area contributed by atoms with Gasteiger partial charge >= 0.3 is 0 Å². The van der Waals surface area contributed by atoms with E-state index in [1.165, 1.54) is 9.58 Å². The summed E-state index contributed by atoms with van der Waals surface area (Å²) in [6, 6.07) is 7.78. The van der Waals surface area contributed by atoms with Gasteiger partial charge < -0.3 is 20.7 Å². The van der Waals surface area contributed by atoms with Crippen molar-refractivity contribution >= 4 is 39.6 Å². The van der Waals surface area contributed by atoms with E-state index in [9.17, 15) is 19.1 Å². The lowest BCUT2D eigenvalue weighted by molar-refractivity contribution is -0.124. The number of pyridine rings is 1. The second-order valence-corrected chi connectivity index (χ2v) is 10.6. The number of alkyl halides is 1. The maximum Gasteiger partial charge on any atom is 0.269 e. The Labute approximate surface area is 252 Å². The van der Waals surface area contributed by atoms with Crippen molar-refractivity contribution in [2.45, 2.75) is 31.4 Å². The second kappa shape index (κ2) is 11.1. The van der Waals surface area contributed by atoms with Crippen LogP contribution >= 0.6 is 0 Å². The van der Waals surface area contributed by atoms with E-state index in [1.807, 2.05) is 6.07 Å². The highest BCUT2D eigenvalue weighted by Crippen LogP contribution is 2.30. The van der Waals surface area contributed by atoms with Crippen molar-refractivity contribution in [1.29, 1.82) is 0 Å². The summed E-state index contributed by atoms with van der Waals surface area (Å²) >= 11 is 0. The Morgan fingerprint density at radius 3 is 2.78 bits per heavy atom. The number of aliphatic hydroxyl groups excluding tert-OH is 1. The SMILES string of the molecule is Cn1c(-c2nonc2NC(=O)C2CC(F)CN2C(O)Cn2nc(C(N)=O)c3cc(-c4ccnnc4)ccc32)nc2cnccc21. The molecule has 1 aliphatic rings. The fourth-order valence-electron chi connectivity index (χ4n) is 5.68. The molecule has 7 rings (SSSR count). The number of nitrogens with one attached hydrogen (secondary N) is 1. The smallest absolute Gasteiger partial charge is 0.269 e. The minimum atomic E-state index is -1.38. The van der Waals surface area contributed by atoms with E-state index in [0.717, 1.165) is 16.6 Å². The molecule has 45 heavy (non-hydrogen) atoms. The van der Waals surface area contributed by atoms with E-state index in [4.69, 9.17) is 10.4 Å². The van der Waals surface area contributed by atoms with Gasteiger partial charge in [0.15, 0.2) is 17.2 Å². The Hall–Kier alpha value is -5.68. The van der Waals surface area contributed by atoms with Gasteiger partial charge in [-0.2, -0.15) is 15.3 Å². The molecular weight excluding hydrogens is 587 g/mol. The van der Waals surface area contributed by atoms with Crippen LogP contribution in [0.3, 0.4) is 0 Å². The highest BCUT2D eigenvalue weighted by atomic mass is 19.1. The predicted octanol–water partition coefficient (Wildman–Crippen LogP) is 1.29. The van der Waals surface area contributed by atoms with Crippen LogP contribution in [0.2, 0.25) is 0 Å². The lowest BCUT2D eigenvalue weighted by Crippen LogP contribution is -2.47. The number of anilines is 1. The van der Waals surface area contributed by atoms with Crippen molar-refractivity contribution < 1.29 is 23.7 Å². The van der Waals surface area contributed by atoms with E-state index >= 15 is 0 Å². The van der Waals surface area contributed by atoms with Gasteiger partial charge in [-0.25, -0.2) is 14.0 Å². The number of nitrogens with two attached hydrogens (primary N) is 1. The van der Waals surface area contributed by atoms with Gasteiger partial charge in [-0.15, -0.1) is 0 Å². The molecule has 5 aromatic heterocycles. The Bertz CT molecular complexity index is 2060. The fourth-order valence-corrected chi connectivity index (χ4v) is 5.68. The Kier molecular flexibility index (Phi) is 6.94. The van der Waals surface area contributed by atoms with Gasteiger partial charge in [-0.3, -0.25) is 24.2 Å². The average Bonchev–Trinajstić information content (AvgIpc) is 3.82. The molecule has 2 amide bonds. The molecule has 17 heteroatoms. The highest BCUT2D eigenvalue weighted by Gasteiger charge is 2.41. The van der Waals surface area contributed by atoms with E-state index in [0.29, 0.717) is 22.2 Å². The maximum atomic E-state index is 14.8. The number of likely N-dealkylation sites (tertiary alicyclic amines) is 1. The summed E-state index contributed by atoms with van der Waals surface area (Å²) in [4.78, 5) is 35.7. The molecule has 228 valence electrons. The van der Waals surface area contributed by atoms with Gasteiger partial charge in [0.05, 0.1) is 42.2 Å². The largest absolute Gasteiger partial charge is 0.376 e. The molecule has 0 saturated carbocycles. The number of imidazole rings is 1. The number of hydrogen-bond acceptors (Lipinski definition) is 12. The minimum absolute atomic E-state index is 0.00365. The van der Waals surface area contributed by atoms with E-state index in [2.05, 4.69) is 40.9 Å². The van der Waals surface area contributed by atoms with Gasteiger partial charge in [0.25, 0.3) is 5.91 Å². The van der Waals surface area contributed by atoms with Gasteiger partial charge in [-0.05, 0) is 40.1 Å². The standard InChI is InChI=1S/C28H25FN12O4/c1-39-20-5-6-31-11-18(20)34-27(39)24-26(38-45-37-24)35-28(44)21-9-16(29)12-40(21)22(42)13-41-19-3-2-14(15-4-7-32-33-10-15)8-17(19)23(36-41)25(30)43/h2-8,10-11,16,21-22,42H,9,12-13H2,1H3,(H2,30,43)(H,35,38,44). The van der Waals surface area contributed by atoms with Crippen molar-refractivity contribution in [3.05, 3.63) is 60.8 Å². The number of nitrogens with zero attached hydrogens (tertiary/aromatic N) is 10. The number of hydrogen-bond donors (Lipinski definition) is 3. The third kappa shape index (κ3) is 5.02.